The van der Waals surface area contributed by atoms with Gasteiger partial charge in [0.2, 0.25) is 11.8 Å². The van der Waals surface area contributed by atoms with Crippen molar-refractivity contribution in [2.24, 2.45) is 0 Å². The van der Waals surface area contributed by atoms with E-state index in [1.54, 1.807) is 17.0 Å². The van der Waals surface area contributed by atoms with E-state index in [1.165, 1.54) is 12.1 Å². The van der Waals surface area contributed by atoms with Crippen LogP contribution in [0.2, 0.25) is 0 Å². The van der Waals surface area contributed by atoms with Crippen LogP contribution in [0.3, 0.4) is 0 Å². The summed E-state index contributed by atoms with van der Waals surface area (Å²) < 4.78 is 13.3. The first-order chi connectivity index (χ1) is 13.6. The number of nitrogens with zero attached hydrogens (tertiary/aromatic N) is 1. The van der Waals surface area contributed by atoms with Crippen molar-refractivity contribution in [2.45, 2.75) is 52.1 Å². The molecule has 0 heterocycles. The fourth-order valence-electron chi connectivity index (χ4n) is 3.06. The summed E-state index contributed by atoms with van der Waals surface area (Å²) in [4.78, 5) is 27.6. The zero-order valence-electron chi connectivity index (χ0n) is 16.7. The van der Waals surface area contributed by atoms with E-state index in [4.69, 9.17) is 0 Å². The van der Waals surface area contributed by atoms with Gasteiger partial charge in [-0.25, -0.2) is 4.39 Å². The average Bonchev–Trinajstić information content (AvgIpc) is 2.70. The quantitative estimate of drug-likeness (QED) is 0.608. The molecular weight excluding hydrogens is 355 g/mol. The Bertz CT molecular complexity index is 747. The molecule has 0 saturated carbocycles. The monoisotopic (exact) mass is 384 g/mol. The molecule has 2 amide bonds. The SMILES string of the molecule is CCCCNC(=O)[C@H](c1ccccc1)N(Cc1ccc(F)cc1)C(=O)CCC. The number of benzene rings is 2. The summed E-state index contributed by atoms with van der Waals surface area (Å²) in [5, 5.41) is 2.96. The van der Waals surface area contributed by atoms with Crippen LogP contribution >= 0.6 is 0 Å². The molecule has 0 bridgehead atoms. The van der Waals surface area contributed by atoms with Crippen molar-refractivity contribution in [3.8, 4) is 0 Å². The molecule has 0 fully saturated rings. The zero-order valence-corrected chi connectivity index (χ0v) is 16.7. The van der Waals surface area contributed by atoms with Crippen LogP contribution < -0.4 is 5.32 Å². The largest absolute Gasteiger partial charge is 0.354 e. The van der Waals surface area contributed by atoms with Crippen LogP contribution in [0.25, 0.3) is 0 Å². The molecule has 5 heteroatoms. The van der Waals surface area contributed by atoms with E-state index in [9.17, 15) is 14.0 Å². The van der Waals surface area contributed by atoms with Crippen LogP contribution in [-0.4, -0.2) is 23.3 Å². The molecule has 4 nitrogen and oxygen atoms in total. The van der Waals surface area contributed by atoms with Gasteiger partial charge >= 0.3 is 0 Å². The number of hydrogen-bond donors (Lipinski definition) is 1. The van der Waals surface area contributed by atoms with Gasteiger partial charge in [-0.15, -0.1) is 0 Å². The number of rotatable bonds is 10. The summed E-state index contributed by atoms with van der Waals surface area (Å²) in [7, 11) is 0. The molecule has 0 spiro atoms. The van der Waals surface area contributed by atoms with E-state index in [0.29, 0.717) is 19.4 Å². The summed E-state index contributed by atoms with van der Waals surface area (Å²) in [6, 6.07) is 14.7. The van der Waals surface area contributed by atoms with Crippen LogP contribution in [0.5, 0.6) is 0 Å². The Morgan fingerprint density at radius 3 is 2.29 bits per heavy atom. The van der Waals surface area contributed by atoms with E-state index in [1.807, 2.05) is 37.3 Å². The second kappa shape index (κ2) is 11.2. The van der Waals surface area contributed by atoms with Gasteiger partial charge in [0, 0.05) is 19.5 Å². The predicted molar refractivity (Wildman–Crippen MR) is 109 cm³/mol. The molecule has 0 aliphatic carbocycles. The number of hydrogen-bond acceptors (Lipinski definition) is 2. The minimum Gasteiger partial charge on any atom is -0.354 e. The average molecular weight is 384 g/mol. The van der Waals surface area contributed by atoms with Crippen LogP contribution in [-0.2, 0) is 16.1 Å². The Kier molecular flexibility index (Phi) is 8.66. The van der Waals surface area contributed by atoms with Crippen molar-refractivity contribution >= 4 is 11.8 Å². The summed E-state index contributed by atoms with van der Waals surface area (Å²) in [5.41, 5.74) is 1.55. The number of unbranched alkanes of at least 4 members (excludes halogenated alkanes) is 1. The third-order valence-corrected chi connectivity index (χ3v) is 4.56. The van der Waals surface area contributed by atoms with E-state index in [2.05, 4.69) is 12.2 Å². The van der Waals surface area contributed by atoms with Gasteiger partial charge in [-0.05, 0) is 36.1 Å². The summed E-state index contributed by atoms with van der Waals surface area (Å²) in [6.45, 7) is 4.82. The van der Waals surface area contributed by atoms with Crippen LogP contribution in [0.4, 0.5) is 4.39 Å². The van der Waals surface area contributed by atoms with Gasteiger partial charge in [-0.3, -0.25) is 9.59 Å². The Hall–Kier alpha value is -2.69. The van der Waals surface area contributed by atoms with Crippen LogP contribution in [0, 0.1) is 5.82 Å². The maximum Gasteiger partial charge on any atom is 0.247 e. The van der Waals surface area contributed by atoms with Crippen molar-refractivity contribution in [3.63, 3.8) is 0 Å². The zero-order chi connectivity index (χ0) is 20.4. The number of carbonyl (C=O) groups excluding carboxylic acids is 2. The van der Waals surface area contributed by atoms with E-state index < -0.39 is 6.04 Å². The molecule has 0 aromatic heterocycles. The highest BCUT2D eigenvalue weighted by atomic mass is 19.1. The third-order valence-electron chi connectivity index (χ3n) is 4.56. The Morgan fingerprint density at radius 2 is 1.68 bits per heavy atom. The molecule has 1 N–H and O–H groups in total. The highest BCUT2D eigenvalue weighted by Crippen LogP contribution is 2.25. The van der Waals surface area contributed by atoms with E-state index >= 15 is 0 Å². The van der Waals surface area contributed by atoms with Gasteiger partial charge in [0.1, 0.15) is 11.9 Å². The molecule has 28 heavy (non-hydrogen) atoms. The standard InChI is InChI=1S/C23H29FN2O2/c1-3-5-16-25-23(28)22(19-10-7-6-8-11-19)26(21(27)9-4-2)17-18-12-14-20(24)15-13-18/h6-8,10-15,22H,3-5,9,16-17H2,1-2H3,(H,25,28)/t22-/m0/s1. The number of halogens is 1. The predicted octanol–water partition coefficient (Wildman–Crippen LogP) is 4.61. The van der Waals surface area contributed by atoms with E-state index in [-0.39, 0.29) is 24.2 Å². The van der Waals surface area contributed by atoms with Gasteiger partial charge in [0.25, 0.3) is 0 Å². The summed E-state index contributed by atoms with van der Waals surface area (Å²) in [5.74, 6) is -0.607. The molecule has 0 aliphatic rings. The van der Waals surface area contributed by atoms with E-state index in [0.717, 1.165) is 24.0 Å². The Labute approximate surface area is 166 Å². The molecular formula is C23H29FN2O2. The minimum atomic E-state index is -0.720. The number of carbonyl (C=O) groups is 2. The van der Waals surface area contributed by atoms with Crippen molar-refractivity contribution in [3.05, 3.63) is 71.5 Å². The van der Waals surface area contributed by atoms with Crippen molar-refractivity contribution in [1.82, 2.24) is 10.2 Å². The second-order valence-corrected chi connectivity index (χ2v) is 6.86. The lowest BCUT2D eigenvalue weighted by atomic mass is 10.0. The third kappa shape index (κ3) is 6.19. The molecule has 0 saturated heterocycles. The molecule has 2 aromatic carbocycles. The number of amides is 2. The van der Waals surface area contributed by atoms with Gasteiger partial charge < -0.3 is 10.2 Å². The second-order valence-electron chi connectivity index (χ2n) is 6.86. The van der Waals surface area contributed by atoms with Gasteiger partial charge in [-0.2, -0.15) is 0 Å². The molecule has 2 rings (SSSR count). The highest BCUT2D eigenvalue weighted by Gasteiger charge is 2.30. The first kappa shape index (κ1) is 21.6. The van der Waals surface area contributed by atoms with Gasteiger partial charge in [0.05, 0.1) is 0 Å². The minimum absolute atomic E-state index is 0.0914. The maximum absolute atomic E-state index is 13.3. The lowest BCUT2D eigenvalue weighted by molar-refractivity contribution is -0.141. The lowest BCUT2D eigenvalue weighted by Crippen LogP contribution is -2.43. The topological polar surface area (TPSA) is 49.4 Å². The smallest absolute Gasteiger partial charge is 0.247 e. The Balaban J connectivity index is 2.36. The first-order valence-corrected chi connectivity index (χ1v) is 9.93. The van der Waals surface area contributed by atoms with Gasteiger partial charge in [-0.1, -0.05) is 62.7 Å². The Morgan fingerprint density at radius 1 is 1.00 bits per heavy atom. The molecule has 0 radical (unpaired) electrons. The fraction of sp³-hybridized carbons (Fsp3) is 0.391. The summed E-state index contributed by atoms with van der Waals surface area (Å²) in [6.07, 6.45) is 2.91. The van der Waals surface area contributed by atoms with Gasteiger partial charge in [0.15, 0.2) is 0 Å². The van der Waals surface area contributed by atoms with Crippen molar-refractivity contribution < 1.29 is 14.0 Å². The van der Waals surface area contributed by atoms with Crippen LogP contribution in [0.15, 0.2) is 54.6 Å². The maximum atomic E-state index is 13.3. The first-order valence-electron chi connectivity index (χ1n) is 9.93. The molecule has 1 atom stereocenters. The van der Waals surface area contributed by atoms with Crippen molar-refractivity contribution in [2.75, 3.05) is 6.54 Å². The molecule has 150 valence electrons. The lowest BCUT2D eigenvalue weighted by Gasteiger charge is -2.31. The molecule has 0 aliphatic heterocycles. The van der Waals surface area contributed by atoms with Crippen molar-refractivity contribution in [1.29, 1.82) is 0 Å². The highest BCUT2D eigenvalue weighted by molar-refractivity contribution is 5.88. The van der Waals surface area contributed by atoms with Crippen LogP contribution in [0.1, 0.15) is 56.7 Å². The fourth-order valence-corrected chi connectivity index (χ4v) is 3.06. The summed E-state index contributed by atoms with van der Waals surface area (Å²) >= 11 is 0. The number of nitrogens with one attached hydrogen (secondary N) is 1. The normalized spacial score (nSPS) is 11.7. The molecule has 2 aromatic rings. The molecule has 0 unspecified atom stereocenters.